The topological polar surface area (TPSA) is 50.7 Å². The van der Waals surface area contributed by atoms with Crippen LogP contribution in [0, 0.1) is 0 Å². The number of methoxy groups -OCH3 is 2. The quantitative estimate of drug-likeness (QED) is 0.769. The van der Waals surface area contributed by atoms with E-state index in [2.05, 4.69) is 28.2 Å². The van der Waals surface area contributed by atoms with Crippen molar-refractivity contribution in [2.45, 2.75) is 32.4 Å². The first kappa shape index (κ1) is 16.3. The molecule has 1 rings (SSSR count). The summed E-state index contributed by atoms with van der Waals surface area (Å²) in [6.07, 6.45) is 1.79. The Morgan fingerprint density at radius 1 is 1.32 bits per heavy atom. The molecule has 0 radical (unpaired) electrons. The van der Waals surface area contributed by atoms with Gasteiger partial charge >= 0.3 is 0 Å². The van der Waals surface area contributed by atoms with Gasteiger partial charge in [0, 0.05) is 19.2 Å². The Morgan fingerprint density at radius 3 is 2.63 bits per heavy atom. The first-order valence-corrected chi connectivity index (χ1v) is 7.16. The van der Waals surface area contributed by atoms with Gasteiger partial charge < -0.3 is 19.9 Å². The van der Waals surface area contributed by atoms with E-state index < -0.39 is 0 Å². The average Bonchev–Trinajstić information content (AvgIpc) is 2.42. The summed E-state index contributed by atoms with van der Waals surface area (Å²) < 4.78 is 11.5. The lowest BCUT2D eigenvalue weighted by Crippen LogP contribution is -2.25. The number of aliphatic hydroxyl groups is 1. The van der Waals surface area contributed by atoms with Gasteiger partial charge in [0.15, 0.2) is 11.5 Å². The van der Waals surface area contributed by atoms with Gasteiger partial charge in [0.25, 0.3) is 0 Å². The largest absolute Gasteiger partial charge is 0.493 e. The molecule has 1 aromatic carbocycles. The monoisotopic (exact) mass is 331 g/mol. The summed E-state index contributed by atoms with van der Waals surface area (Å²) in [5.41, 5.74) is 1.13. The second kappa shape index (κ2) is 8.40. The Morgan fingerprint density at radius 2 is 2.05 bits per heavy atom. The minimum Gasteiger partial charge on any atom is -0.493 e. The molecule has 0 saturated heterocycles. The van der Waals surface area contributed by atoms with Crippen molar-refractivity contribution in [1.82, 2.24) is 5.32 Å². The molecule has 5 heteroatoms. The van der Waals surface area contributed by atoms with Gasteiger partial charge in [-0.05, 0) is 53.4 Å². The third-order valence-electron chi connectivity index (χ3n) is 2.94. The van der Waals surface area contributed by atoms with Crippen LogP contribution in [0.1, 0.15) is 25.3 Å². The molecule has 0 amide bonds. The van der Waals surface area contributed by atoms with E-state index in [1.54, 1.807) is 14.2 Å². The molecule has 0 heterocycles. The van der Waals surface area contributed by atoms with Crippen LogP contribution in [0.3, 0.4) is 0 Å². The Kier molecular flexibility index (Phi) is 7.20. The second-order valence-electron chi connectivity index (χ2n) is 4.46. The summed E-state index contributed by atoms with van der Waals surface area (Å²) in [5.74, 6) is 1.43. The molecule has 0 bridgehead atoms. The summed E-state index contributed by atoms with van der Waals surface area (Å²) in [6, 6.07) is 4.36. The van der Waals surface area contributed by atoms with Crippen LogP contribution >= 0.6 is 15.9 Å². The van der Waals surface area contributed by atoms with E-state index in [0.29, 0.717) is 11.8 Å². The predicted octanol–water partition coefficient (Wildman–Crippen LogP) is 2.72. The van der Waals surface area contributed by atoms with Crippen molar-refractivity contribution in [3.05, 3.63) is 22.2 Å². The van der Waals surface area contributed by atoms with Gasteiger partial charge in [0.05, 0.1) is 18.7 Å². The van der Waals surface area contributed by atoms with Gasteiger partial charge in [-0.25, -0.2) is 0 Å². The van der Waals surface area contributed by atoms with Crippen LogP contribution in [0.15, 0.2) is 16.6 Å². The molecule has 108 valence electrons. The van der Waals surface area contributed by atoms with Crippen molar-refractivity contribution in [2.75, 3.05) is 20.8 Å². The summed E-state index contributed by atoms with van der Waals surface area (Å²) in [6.45, 7) is 3.12. The molecule has 4 nitrogen and oxygen atoms in total. The third-order valence-corrected chi connectivity index (χ3v) is 3.53. The van der Waals surface area contributed by atoms with E-state index in [9.17, 15) is 0 Å². The van der Waals surface area contributed by atoms with Gasteiger partial charge in [0.1, 0.15) is 0 Å². The fourth-order valence-corrected chi connectivity index (χ4v) is 2.52. The van der Waals surface area contributed by atoms with Crippen molar-refractivity contribution in [3.63, 3.8) is 0 Å². The molecular formula is C14H22BrNO3. The molecule has 0 fully saturated rings. The number of nitrogens with one attached hydrogen (secondary N) is 1. The summed E-state index contributed by atoms with van der Waals surface area (Å²) >= 11 is 3.48. The van der Waals surface area contributed by atoms with E-state index in [0.717, 1.165) is 35.2 Å². The van der Waals surface area contributed by atoms with Crippen molar-refractivity contribution >= 4 is 15.9 Å². The highest BCUT2D eigenvalue weighted by atomic mass is 79.9. The van der Waals surface area contributed by atoms with Crippen LogP contribution in [0.4, 0.5) is 0 Å². The molecule has 0 spiro atoms. The van der Waals surface area contributed by atoms with Crippen molar-refractivity contribution in [2.24, 2.45) is 0 Å². The Labute approximate surface area is 123 Å². The van der Waals surface area contributed by atoms with E-state index >= 15 is 0 Å². The zero-order valence-electron chi connectivity index (χ0n) is 11.7. The number of hydrogen-bond donors (Lipinski definition) is 2. The molecule has 1 aromatic rings. The highest BCUT2D eigenvalue weighted by Crippen LogP contribution is 2.36. The van der Waals surface area contributed by atoms with Crippen LogP contribution in [-0.4, -0.2) is 32.0 Å². The molecular weight excluding hydrogens is 310 g/mol. The average molecular weight is 332 g/mol. The van der Waals surface area contributed by atoms with E-state index in [4.69, 9.17) is 14.6 Å². The van der Waals surface area contributed by atoms with Crippen molar-refractivity contribution in [3.8, 4) is 11.5 Å². The van der Waals surface area contributed by atoms with E-state index in [1.807, 2.05) is 12.1 Å². The number of rotatable bonds is 8. The van der Waals surface area contributed by atoms with E-state index in [-0.39, 0.29) is 6.61 Å². The van der Waals surface area contributed by atoms with Crippen LogP contribution in [0.2, 0.25) is 0 Å². The first-order valence-electron chi connectivity index (χ1n) is 6.37. The lowest BCUT2D eigenvalue weighted by atomic mass is 10.1. The molecule has 2 N–H and O–H groups in total. The molecule has 0 aromatic heterocycles. The van der Waals surface area contributed by atoms with Crippen LogP contribution in [-0.2, 0) is 6.54 Å². The fourth-order valence-electron chi connectivity index (χ4n) is 1.87. The number of ether oxygens (including phenoxy) is 2. The summed E-state index contributed by atoms with van der Waals surface area (Å²) in [5, 5.41) is 12.2. The molecule has 0 aliphatic heterocycles. The smallest absolute Gasteiger partial charge is 0.174 e. The van der Waals surface area contributed by atoms with Gasteiger partial charge in [-0.2, -0.15) is 0 Å². The molecule has 1 atom stereocenters. The van der Waals surface area contributed by atoms with Gasteiger partial charge in [-0.15, -0.1) is 0 Å². The highest BCUT2D eigenvalue weighted by molar-refractivity contribution is 9.10. The molecule has 0 aliphatic carbocycles. The van der Waals surface area contributed by atoms with Gasteiger partial charge in [-0.3, -0.25) is 0 Å². The van der Waals surface area contributed by atoms with Gasteiger partial charge in [-0.1, -0.05) is 0 Å². The fraction of sp³-hybridized carbons (Fsp3) is 0.571. The molecule has 19 heavy (non-hydrogen) atoms. The maximum absolute atomic E-state index is 8.80. The number of hydrogen-bond acceptors (Lipinski definition) is 4. The van der Waals surface area contributed by atoms with Crippen molar-refractivity contribution < 1.29 is 14.6 Å². The Bertz CT molecular complexity index is 399. The summed E-state index contributed by atoms with van der Waals surface area (Å²) in [7, 11) is 3.25. The highest BCUT2D eigenvalue weighted by Gasteiger charge is 2.11. The Hall–Kier alpha value is -0.780. The third kappa shape index (κ3) is 5.01. The second-order valence-corrected chi connectivity index (χ2v) is 5.32. The number of halogens is 1. The minimum absolute atomic E-state index is 0.244. The first-order chi connectivity index (χ1) is 9.12. The van der Waals surface area contributed by atoms with Crippen LogP contribution in [0.25, 0.3) is 0 Å². The number of benzene rings is 1. The molecule has 0 saturated carbocycles. The standard InChI is InChI=1S/C14H22BrNO3/c1-10(5-4-6-17)16-9-11-7-12(15)14(19-3)13(8-11)18-2/h7-8,10,16-17H,4-6,9H2,1-3H3. The maximum atomic E-state index is 8.80. The van der Waals surface area contributed by atoms with Gasteiger partial charge in [0.2, 0.25) is 0 Å². The molecule has 1 unspecified atom stereocenters. The lowest BCUT2D eigenvalue weighted by molar-refractivity contribution is 0.276. The zero-order chi connectivity index (χ0) is 14.3. The molecule has 0 aliphatic rings. The minimum atomic E-state index is 0.244. The normalized spacial score (nSPS) is 12.3. The Balaban J connectivity index is 2.66. The zero-order valence-corrected chi connectivity index (χ0v) is 13.3. The lowest BCUT2D eigenvalue weighted by Gasteiger charge is -2.15. The van der Waals surface area contributed by atoms with Crippen molar-refractivity contribution in [1.29, 1.82) is 0 Å². The maximum Gasteiger partial charge on any atom is 0.174 e. The SMILES string of the molecule is COc1cc(CNC(C)CCCO)cc(Br)c1OC. The van der Waals surface area contributed by atoms with Crippen LogP contribution < -0.4 is 14.8 Å². The predicted molar refractivity (Wildman–Crippen MR) is 79.9 cm³/mol. The van der Waals surface area contributed by atoms with E-state index in [1.165, 1.54) is 0 Å². The number of aliphatic hydroxyl groups excluding tert-OH is 1. The summed E-state index contributed by atoms with van der Waals surface area (Å²) in [4.78, 5) is 0. The van der Waals surface area contributed by atoms with Crippen LogP contribution in [0.5, 0.6) is 11.5 Å².